The second-order valence-electron chi connectivity index (χ2n) is 5.61. The Balaban J connectivity index is 1.66. The first-order valence-electron chi connectivity index (χ1n) is 7.26. The van der Waals surface area contributed by atoms with Gasteiger partial charge in [0.05, 0.1) is 0 Å². The summed E-state index contributed by atoms with van der Waals surface area (Å²) in [6.45, 7) is 9.44. The summed E-state index contributed by atoms with van der Waals surface area (Å²) in [4.78, 5) is 2.59. The van der Waals surface area contributed by atoms with E-state index in [1.807, 2.05) is 0 Å². The second-order valence-corrected chi connectivity index (χ2v) is 5.61. The maximum Gasteiger partial charge on any atom is 0.0292 e. The molecule has 1 fully saturated rings. The molecule has 18 heavy (non-hydrogen) atoms. The largest absolute Gasteiger partial charge is 0.309 e. The molecule has 0 bridgehead atoms. The van der Waals surface area contributed by atoms with Crippen LogP contribution in [-0.2, 0) is 0 Å². The lowest BCUT2D eigenvalue weighted by Gasteiger charge is -2.30. The average molecular weight is 246 g/mol. The molecule has 1 heterocycles. The van der Waals surface area contributed by atoms with E-state index in [2.05, 4.69) is 54.4 Å². The maximum absolute atomic E-state index is 3.62. The van der Waals surface area contributed by atoms with Crippen molar-refractivity contribution < 1.29 is 0 Å². The summed E-state index contributed by atoms with van der Waals surface area (Å²) in [7, 11) is 0. The van der Waals surface area contributed by atoms with Gasteiger partial charge in [0.15, 0.2) is 0 Å². The number of hydrogen-bond donors (Lipinski definition) is 1. The van der Waals surface area contributed by atoms with Gasteiger partial charge in [-0.2, -0.15) is 0 Å². The third-order valence-electron chi connectivity index (χ3n) is 4.05. The predicted octanol–water partition coefficient (Wildman–Crippen LogP) is 3.07. The van der Waals surface area contributed by atoms with Crippen LogP contribution in [-0.4, -0.2) is 31.1 Å². The van der Waals surface area contributed by atoms with Crippen molar-refractivity contribution in [2.45, 2.75) is 32.7 Å². The van der Waals surface area contributed by atoms with Crippen LogP contribution >= 0.6 is 0 Å². The number of nitrogens with zero attached hydrogens (tertiary/aromatic N) is 1. The Kier molecular flexibility index (Phi) is 5.21. The van der Waals surface area contributed by atoms with Crippen LogP contribution in [0.2, 0.25) is 0 Å². The van der Waals surface area contributed by atoms with Crippen LogP contribution in [0.4, 0.5) is 0 Å². The molecule has 1 aliphatic rings. The molecule has 0 aliphatic carbocycles. The molecule has 0 radical (unpaired) electrons. The van der Waals surface area contributed by atoms with Crippen LogP contribution < -0.4 is 5.32 Å². The maximum atomic E-state index is 3.62. The van der Waals surface area contributed by atoms with Gasteiger partial charge in [0.1, 0.15) is 0 Å². The number of hydrogen-bond acceptors (Lipinski definition) is 2. The predicted molar refractivity (Wildman–Crippen MR) is 77.7 cm³/mol. The summed E-state index contributed by atoms with van der Waals surface area (Å²) in [6, 6.07) is 11.1. The molecule has 0 aromatic heterocycles. The van der Waals surface area contributed by atoms with E-state index in [9.17, 15) is 0 Å². The number of rotatable bonds is 5. The highest BCUT2D eigenvalue weighted by Crippen LogP contribution is 2.15. The van der Waals surface area contributed by atoms with Crippen LogP contribution in [0.15, 0.2) is 30.3 Å². The summed E-state index contributed by atoms with van der Waals surface area (Å²) in [6.07, 6.45) is 2.74. The second kappa shape index (κ2) is 6.91. The van der Waals surface area contributed by atoms with Crippen LogP contribution in [0.5, 0.6) is 0 Å². The lowest BCUT2D eigenvalue weighted by Crippen LogP contribution is -2.38. The van der Waals surface area contributed by atoms with Gasteiger partial charge in [-0.05, 0) is 44.3 Å². The van der Waals surface area contributed by atoms with E-state index in [1.54, 1.807) is 0 Å². The zero-order valence-corrected chi connectivity index (χ0v) is 11.7. The van der Waals surface area contributed by atoms with Crippen LogP contribution in [0, 0.1) is 5.92 Å². The fourth-order valence-electron chi connectivity index (χ4n) is 2.58. The van der Waals surface area contributed by atoms with E-state index in [0.29, 0.717) is 6.04 Å². The minimum Gasteiger partial charge on any atom is -0.309 e. The Hall–Kier alpha value is -0.860. The van der Waals surface area contributed by atoms with Gasteiger partial charge in [-0.15, -0.1) is 0 Å². The Labute approximate surface area is 111 Å². The minimum absolute atomic E-state index is 0.454. The van der Waals surface area contributed by atoms with E-state index < -0.39 is 0 Å². The van der Waals surface area contributed by atoms with Crippen LogP contribution in [0.25, 0.3) is 0 Å². The topological polar surface area (TPSA) is 15.3 Å². The highest BCUT2D eigenvalue weighted by molar-refractivity contribution is 5.17. The van der Waals surface area contributed by atoms with E-state index in [0.717, 1.165) is 12.5 Å². The molecular weight excluding hydrogens is 220 g/mol. The molecule has 2 nitrogen and oxygen atoms in total. The molecule has 1 unspecified atom stereocenters. The Morgan fingerprint density at radius 3 is 2.56 bits per heavy atom. The first-order valence-corrected chi connectivity index (χ1v) is 7.26. The fraction of sp³-hybridized carbons (Fsp3) is 0.625. The van der Waals surface area contributed by atoms with Crippen LogP contribution in [0.1, 0.15) is 38.3 Å². The number of nitrogens with one attached hydrogen (secondary N) is 1. The van der Waals surface area contributed by atoms with Gasteiger partial charge in [0.25, 0.3) is 0 Å². The van der Waals surface area contributed by atoms with E-state index in [1.165, 1.54) is 38.0 Å². The minimum atomic E-state index is 0.454. The molecule has 0 spiro atoms. The first kappa shape index (κ1) is 13.6. The standard InChI is InChI=1S/C16H26N2/c1-14-8-11-18(12-9-14)13-10-17-15(2)16-6-4-3-5-7-16/h3-7,14-15,17H,8-13H2,1-2H3. The summed E-state index contributed by atoms with van der Waals surface area (Å²) >= 11 is 0. The summed E-state index contributed by atoms with van der Waals surface area (Å²) < 4.78 is 0. The molecular formula is C16H26N2. The zero-order valence-electron chi connectivity index (χ0n) is 11.7. The first-order chi connectivity index (χ1) is 8.75. The van der Waals surface area contributed by atoms with Gasteiger partial charge < -0.3 is 10.2 Å². The lowest BCUT2D eigenvalue weighted by atomic mass is 9.99. The normalized spacial score (nSPS) is 19.9. The monoisotopic (exact) mass is 246 g/mol. The molecule has 1 aromatic rings. The molecule has 2 heteroatoms. The lowest BCUT2D eigenvalue weighted by molar-refractivity contribution is 0.191. The highest BCUT2D eigenvalue weighted by atomic mass is 15.1. The summed E-state index contributed by atoms with van der Waals surface area (Å²) in [5.74, 6) is 0.928. The third kappa shape index (κ3) is 4.11. The van der Waals surface area contributed by atoms with Crippen molar-refractivity contribution in [1.29, 1.82) is 0 Å². The Morgan fingerprint density at radius 1 is 1.22 bits per heavy atom. The molecule has 1 saturated heterocycles. The van der Waals surface area contributed by atoms with Crippen LogP contribution in [0.3, 0.4) is 0 Å². The van der Waals surface area contributed by atoms with Crippen molar-refractivity contribution in [3.63, 3.8) is 0 Å². The average Bonchev–Trinajstić information content (AvgIpc) is 2.42. The van der Waals surface area contributed by atoms with Gasteiger partial charge in [-0.25, -0.2) is 0 Å². The molecule has 100 valence electrons. The van der Waals surface area contributed by atoms with Crippen molar-refractivity contribution in [3.05, 3.63) is 35.9 Å². The number of piperidine rings is 1. The zero-order chi connectivity index (χ0) is 12.8. The summed E-state index contributed by atoms with van der Waals surface area (Å²) in [5, 5.41) is 3.62. The Bertz CT molecular complexity index is 328. The molecule has 1 aliphatic heterocycles. The van der Waals surface area contributed by atoms with Crippen molar-refractivity contribution in [2.75, 3.05) is 26.2 Å². The van der Waals surface area contributed by atoms with E-state index in [4.69, 9.17) is 0 Å². The van der Waals surface area contributed by atoms with Crippen molar-refractivity contribution >= 4 is 0 Å². The van der Waals surface area contributed by atoms with Crippen molar-refractivity contribution in [2.24, 2.45) is 5.92 Å². The molecule has 0 saturated carbocycles. The van der Waals surface area contributed by atoms with Gasteiger partial charge in [-0.3, -0.25) is 0 Å². The van der Waals surface area contributed by atoms with Gasteiger partial charge in [0, 0.05) is 19.1 Å². The van der Waals surface area contributed by atoms with Crippen molar-refractivity contribution in [3.8, 4) is 0 Å². The molecule has 1 atom stereocenters. The fourth-order valence-corrected chi connectivity index (χ4v) is 2.58. The number of benzene rings is 1. The van der Waals surface area contributed by atoms with Crippen molar-refractivity contribution in [1.82, 2.24) is 10.2 Å². The van der Waals surface area contributed by atoms with E-state index in [-0.39, 0.29) is 0 Å². The third-order valence-corrected chi connectivity index (χ3v) is 4.05. The SMILES string of the molecule is CC1CCN(CCNC(C)c2ccccc2)CC1. The smallest absolute Gasteiger partial charge is 0.0292 e. The number of likely N-dealkylation sites (tertiary alicyclic amines) is 1. The molecule has 0 amide bonds. The molecule has 1 N–H and O–H groups in total. The van der Waals surface area contributed by atoms with Gasteiger partial charge in [-0.1, -0.05) is 37.3 Å². The Morgan fingerprint density at radius 2 is 1.89 bits per heavy atom. The summed E-state index contributed by atoms with van der Waals surface area (Å²) in [5.41, 5.74) is 1.38. The van der Waals surface area contributed by atoms with Gasteiger partial charge in [0.2, 0.25) is 0 Å². The van der Waals surface area contributed by atoms with E-state index >= 15 is 0 Å². The van der Waals surface area contributed by atoms with Gasteiger partial charge >= 0.3 is 0 Å². The highest BCUT2D eigenvalue weighted by Gasteiger charge is 2.15. The quantitative estimate of drug-likeness (QED) is 0.859. The molecule has 2 rings (SSSR count). The molecule has 1 aromatic carbocycles.